The predicted octanol–water partition coefficient (Wildman–Crippen LogP) is 1.22. The predicted molar refractivity (Wildman–Crippen MR) is 73.7 cm³/mol. The minimum atomic E-state index is -0.0390. The Balaban J connectivity index is 1.85. The smallest absolute Gasteiger partial charge is 0.261 e. The molecule has 0 unspecified atom stereocenters. The van der Waals surface area contributed by atoms with E-state index in [9.17, 15) is 4.79 Å². The molecule has 0 aromatic carbocycles. The number of rotatable bonds is 2. The van der Waals surface area contributed by atoms with Gasteiger partial charge in [0.2, 0.25) is 0 Å². The normalized spacial score (nSPS) is 19.1. The fourth-order valence-electron chi connectivity index (χ4n) is 2.75. The van der Waals surface area contributed by atoms with Crippen molar-refractivity contribution in [2.45, 2.75) is 25.5 Å². The first-order valence-electron chi connectivity index (χ1n) is 6.76. The van der Waals surface area contributed by atoms with Gasteiger partial charge in [-0.1, -0.05) is 0 Å². The maximum Gasteiger partial charge on any atom is 0.261 e. The van der Waals surface area contributed by atoms with Crippen LogP contribution in [0.4, 0.5) is 0 Å². The molecule has 4 rings (SSSR count). The van der Waals surface area contributed by atoms with Gasteiger partial charge in [0, 0.05) is 25.1 Å². The molecule has 1 aliphatic rings. The molecule has 0 bridgehead atoms. The van der Waals surface area contributed by atoms with E-state index in [-0.39, 0.29) is 11.7 Å². The van der Waals surface area contributed by atoms with Gasteiger partial charge in [-0.25, -0.2) is 9.50 Å². The van der Waals surface area contributed by atoms with E-state index in [0.717, 1.165) is 30.6 Å². The molecule has 0 radical (unpaired) electrons. The Morgan fingerprint density at radius 2 is 2.35 bits per heavy atom. The van der Waals surface area contributed by atoms with Gasteiger partial charge in [-0.15, -0.1) is 0 Å². The lowest BCUT2D eigenvalue weighted by atomic mass is 10.2. The van der Waals surface area contributed by atoms with Gasteiger partial charge in [-0.2, -0.15) is 5.10 Å². The highest BCUT2D eigenvalue weighted by molar-refractivity contribution is 5.78. The maximum atomic E-state index is 12.5. The summed E-state index contributed by atoms with van der Waals surface area (Å²) in [5.41, 5.74) is 1.49. The first-order valence-corrected chi connectivity index (χ1v) is 6.76. The number of hydrogen-bond acceptors (Lipinski definition) is 4. The maximum absolute atomic E-state index is 12.5. The molecule has 1 aliphatic heterocycles. The fourth-order valence-corrected chi connectivity index (χ4v) is 2.75. The average molecular weight is 270 g/mol. The molecule has 1 fully saturated rings. The second-order valence-electron chi connectivity index (χ2n) is 5.07. The van der Waals surface area contributed by atoms with E-state index in [0.29, 0.717) is 11.9 Å². The van der Waals surface area contributed by atoms with Crippen LogP contribution in [0.2, 0.25) is 0 Å². The van der Waals surface area contributed by atoms with Gasteiger partial charge in [0.15, 0.2) is 5.65 Å². The van der Waals surface area contributed by atoms with Crippen molar-refractivity contribution >= 4 is 16.6 Å². The van der Waals surface area contributed by atoms with E-state index in [4.69, 9.17) is 4.74 Å². The van der Waals surface area contributed by atoms with Crippen molar-refractivity contribution in [2.75, 3.05) is 6.61 Å². The molecule has 6 heteroatoms. The highest BCUT2D eigenvalue weighted by Gasteiger charge is 2.17. The summed E-state index contributed by atoms with van der Waals surface area (Å²) in [5, 5.41) is 4.79. The summed E-state index contributed by atoms with van der Waals surface area (Å²) in [4.78, 5) is 16.8. The minimum absolute atomic E-state index is 0.0390. The quantitative estimate of drug-likeness (QED) is 0.702. The number of ether oxygens (including phenoxy) is 1. The second-order valence-corrected chi connectivity index (χ2v) is 5.07. The van der Waals surface area contributed by atoms with Crippen LogP contribution in [0.25, 0.3) is 16.6 Å². The summed E-state index contributed by atoms with van der Waals surface area (Å²) < 4.78 is 8.98. The third kappa shape index (κ3) is 1.72. The molecule has 0 N–H and O–H groups in total. The zero-order valence-corrected chi connectivity index (χ0v) is 10.9. The standard InChI is InChI=1S/C14H14N4O2/c19-14-11-8-15-13-3-5-16-18(13)12(11)4-6-17(14)9-10-2-1-7-20-10/h3-6,8,10H,1-2,7,9H2/t10-/m1/s1. The van der Waals surface area contributed by atoms with Gasteiger partial charge in [0.1, 0.15) is 0 Å². The van der Waals surface area contributed by atoms with Gasteiger partial charge in [-0.05, 0) is 18.9 Å². The monoisotopic (exact) mass is 270 g/mol. The van der Waals surface area contributed by atoms with Crippen molar-refractivity contribution in [3.63, 3.8) is 0 Å². The van der Waals surface area contributed by atoms with Crippen LogP contribution in [-0.4, -0.2) is 31.9 Å². The lowest BCUT2D eigenvalue weighted by Crippen LogP contribution is -2.26. The lowest BCUT2D eigenvalue weighted by molar-refractivity contribution is 0.0963. The van der Waals surface area contributed by atoms with Crippen LogP contribution >= 0.6 is 0 Å². The van der Waals surface area contributed by atoms with Crippen molar-refractivity contribution in [1.82, 2.24) is 19.2 Å². The largest absolute Gasteiger partial charge is 0.376 e. The van der Waals surface area contributed by atoms with Gasteiger partial charge in [-0.3, -0.25) is 4.79 Å². The van der Waals surface area contributed by atoms with Gasteiger partial charge < -0.3 is 9.30 Å². The topological polar surface area (TPSA) is 61.4 Å². The van der Waals surface area contributed by atoms with Crippen LogP contribution in [0.1, 0.15) is 12.8 Å². The molecule has 0 aliphatic carbocycles. The summed E-state index contributed by atoms with van der Waals surface area (Å²) in [5.74, 6) is 0. The van der Waals surface area contributed by atoms with Gasteiger partial charge >= 0.3 is 0 Å². The van der Waals surface area contributed by atoms with E-state index in [1.165, 1.54) is 0 Å². The second kappa shape index (κ2) is 4.42. The molecule has 6 nitrogen and oxygen atoms in total. The fraction of sp³-hybridized carbons (Fsp3) is 0.357. The van der Waals surface area contributed by atoms with Gasteiger partial charge in [0.05, 0.1) is 29.7 Å². The Hall–Kier alpha value is -2.21. The first kappa shape index (κ1) is 11.6. The van der Waals surface area contributed by atoms with Crippen molar-refractivity contribution < 1.29 is 4.74 Å². The number of nitrogens with zero attached hydrogens (tertiary/aromatic N) is 4. The van der Waals surface area contributed by atoms with E-state index in [1.54, 1.807) is 21.5 Å². The third-order valence-electron chi connectivity index (χ3n) is 3.78. The van der Waals surface area contributed by atoms with Crippen LogP contribution < -0.4 is 5.56 Å². The average Bonchev–Trinajstić information content (AvgIpc) is 3.12. The number of aromatic nitrogens is 4. The zero-order chi connectivity index (χ0) is 13.5. The number of pyridine rings is 1. The SMILES string of the molecule is O=c1c2cnc3ccnn3c2ccn1C[C@H]1CCCO1. The summed E-state index contributed by atoms with van der Waals surface area (Å²) in [6.45, 7) is 1.40. The summed E-state index contributed by atoms with van der Waals surface area (Å²) in [6, 6.07) is 3.73. The Morgan fingerprint density at radius 3 is 3.20 bits per heavy atom. The molecule has 20 heavy (non-hydrogen) atoms. The molecule has 1 atom stereocenters. The molecule has 4 heterocycles. The van der Waals surface area contributed by atoms with Crippen molar-refractivity contribution in [2.24, 2.45) is 0 Å². The van der Waals surface area contributed by atoms with Crippen LogP contribution in [0, 0.1) is 0 Å². The molecule has 102 valence electrons. The highest BCUT2D eigenvalue weighted by atomic mass is 16.5. The van der Waals surface area contributed by atoms with Crippen molar-refractivity contribution in [3.8, 4) is 0 Å². The first-order chi connectivity index (χ1) is 9.83. The van der Waals surface area contributed by atoms with Crippen molar-refractivity contribution in [1.29, 1.82) is 0 Å². The number of hydrogen-bond donors (Lipinski definition) is 0. The molecule has 0 amide bonds. The summed E-state index contributed by atoms with van der Waals surface area (Å²) >= 11 is 0. The van der Waals surface area contributed by atoms with E-state index < -0.39 is 0 Å². The molecular formula is C14H14N4O2. The van der Waals surface area contributed by atoms with Crippen LogP contribution in [0.3, 0.4) is 0 Å². The Bertz CT molecular complexity index is 830. The van der Waals surface area contributed by atoms with E-state index in [2.05, 4.69) is 10.1 Å². The lowest BCUT2D eigenvalue weighted by Gasteiger charge is -2.12. The highest BCUT2D eigenvalue weighted by Crippen LogP contribution is 2.15. The van der Waals surface area contributed by atoms with E-state index in [1.807, 2.05) is 18.3 Å². The van der Waals surface area contributed by atoms with Crippen LogP contribution in [-0.2, 0) is 11.3 Å². The Kier molecular flexibility index (Phi) is 2.56. The number of fused-ring (bicyclic) bond motifs is 3. The van der Waals surface area contributed by atoms with Crippen LogP contribution in [0.15, 0.2) is 35.5 Å². The summed E-state index contributed by atoms with van der Waals surface area (Å²) in [6.07, 6.45) is 7.35. The Labute approximate surface area is 114 Å². The molecule has 3 aromatic rings. The van der Waals surface area contributed by atoms with Gasteiger partial charge in [0.25, 0.3) is 5.56 Å². The Morgan fingerprint density at radius 1 is 1.40 bits per heavy atom. The molecular weight excluding hydrogens is 256 g/mol. The molecule has 0 saturated carbocycles. The minimum Gasteiger partial charge on any atom is -0.376 e. The van der Waals surface area contributed by atoms with E-state index >= 15 is 0 Å². The molecule has 1 saturated heterocycles. The molecule has 3 aromatic heterocycles. The zero-order valence-electron chi connectivity index (χ0n) is 10.9. The van der Waals surface area contributed by atoms with Crippen molar-refractivity contribution in [3.05, 3.63) is 41.1 Å². The van der Waals surface area contributed by atoms with Crippen LogP contribution in [0.5, 0.6) is 0 Å². The summed E-state index contributed by atoms with van der Waals surface area (Å²) in [7, 11) is 0. The third-order valence-corrected chi connectivity index (χ3v) is 3.78. The molecule has 0 spiro atoms.